The summed E-state index contributed by atoms with van der Waals surface area (Å²) in [6.07, 6.45) is 6.48. The van der Waals surface area contributed by atoms with Crippen molar-refractivity contribution in [3.8, 4) is 21.7 Å². The molecular formula is C22H24N2S. The number of aromatic nitrogens is 1. The molecule has 0 radical (unpaired) electrons. The third kappa shape index (κ3) is 3.47. The van der Waals surface area contributed by atoms with Crippen molar-refractivity contribution in [3.63, 3.8) is 0 Å². The van der Waals surface area contributed by atoms with E-state index in [1.54, 1.807) is 0 Å². The Morgan fingerprint density at radius 1 is 0.840 bits per heavy atom. The fourth-order valence-electron chi connectivity index (χ4n) is 3.64. The van der Waals surface area contributed by atoms with Gasteiger partial charge in [0.1, 0.15) is 0 Å². The second-order valence-electron chi connectivity index (χ2n) is 6.77. The van der Waals surface area contributed by atoms with E-state index in [4.69, 9.17) is 4.99 Å². The zero-order chi connectivity index (χ0) is 17.1. The molecule has 0 saturated heterocycles. The van der Waals surface area contributed by atoms with E-state index in [-0.39, 0.29) is 0 Å². The Kier molecular flexibility index (Phi) is 4.84. The zero-order valence-electron chi connectivity index (χ0n) is 14.7. The van der Waals surface area contributed by atoms with Crippen molar-refractivity contribution in [2.75, 3.05) is 0 Å². The van der Waals surface area contributed by atoms with Crippen LogP contribution in [0.25, 0.3) is 21.7 Å². The molecule has 3 aromatic rings. The van der Waals surface area contributed by atoms with Gasteiger partial charge in [0.25, 0.3) is 0 Å². The monoisotopic (exact) mass is 348 g/mol. The number of benzene rings is 2. The third-order valence-electron chi connectivity index (χ3n) is 4.98. The summed E-state index contributed by atoms with van der Waals surface area (Å²) in [4.78, 5) is 7.58. The lowest BCUT2D eigenvalue weighted by molar-refractivity contribution is 0.435. The molecule has 0 bridgehead atoms. The predicted molar refractivity (Wildman–Crippen MR) is 107 cm³/mol. The van der Waals surface area contributed by atoms with Crippen LogP contribution in [0.3, 0.4) is 0 Å². The van der Waals surface area contributed by atoms with E-state index in [2.05, 4.69) is 72.3 Å². The van der Waals surface area contributed by atoms with Crippen molar-refractivity contribution in [2.45, 2.75) is 38.1 Å². The van der Waals surface area contributed by atoms with Gasteiger partial charge in [0.05, 0.1) is 16.6 Å². The first-order valence-electron chi connectivity index (χ1n) is 9.17. The van der Waals surface area contributed by atoms with Crippen LogP contribution in [-0.2, 0) is 7.05 Å². The molecule has 1 saturated carbocycles. The van der Waals surface area contributed by atoms with Crippen LogP contribution in [-0.4, -0.2) is 10.6 Å². The van der Waals surface area contributed by atoms with E-state index >= 15 is 0 Å². The van der Waals surface area contributed by atoms with Crippen LogP contribution in [0.4, 0.5) is 0 Å². The van der Waals surface area contributed by atoms with Crippen molar-refractivity contribution < 1.29 is 0 Å². The van der Waals surface area contributed by atoms with Crippen LogP contribution in [0.2, 0.25) is 0 Å². The highest BCUT2D eigenvalue weighted by molar-refractivity contribution is 7.13. The van der Waals surface area contributed by atoms with Crippen molar-refractivity contribution in [1.29, 1.82) is 0 Å². The summed E-state index contributed by atoms with van der Waals surface area (Å²) < 4.78 is 2.29. The van der Waals surface area contributed by atoms with Crippen LogP contribution in [0.5, 0.6) is 0 Å². The summed E-state index contributed by atoms with van der Waals surface area (Å²) in [5, 5.41) is 0. The first-order valence-corrected chi connectivity index (χ1v) is 9.99. The molecule has 0 amide bonds. The molecule has 2 aromatic carbocycles. The Bertz CT molecular complexity index is 885. The second-order valence-corrected chi connectivity index (χ2v) is 7.75. The first kappa shape index (κ1) is 16.3. The Labute approximate surface area is 153 Å². The Morgan fingerprint density at radius 3 is 2.08 bits per heavy atom. The number of hydrogen-bond donors (Lipinski definition) is 0. The van der Waals surface area contributed by atoms with Crippen molar-refractivity contribution in [1.82, 2.24) is 4.57 Å². The summed E-state index contributed by atoms with van der Waals surface area (Å²) in [6.45, 7) is 0. The Balaban J connectivity index is 1.87. The fraction of sp³-hybridized carbons (Fsp3) is 0.318. The van der Waals surface area contributed by atoms with Gasteiger partial charge in [-0.25, -0.2) is 0 Å². The smallest absolute Gasteiger partial charge is 0.185 e. The summed E-state index contributed by atoms with van der Waals surface area (Å²) in [6, 6.07) is 21.9. The molecule has 1 fully saturated rings. The molecule has 2 nitrogen and oxygen atoms in total. The molecule has 0 spiro atoms. The maximum Gasteiger partial charge on any atom is 0.185 e. The average Bonchev–Trinajstić information content (AvgIpc) is 3.00. The topological polar surface area (TPSA) is 17.3 Å². The summed E-state index contributed by atoms with van der Waals surface area (Å²) >= 11 is 1.82. The van der Waals surface area contributed by atoms with E-state index in [0.29, 0.717) is 6.04 Å². The van der Waals surface area contributed by atoms with Gasteiger partial charge < -0.3 is 4.57 Å². The Hall–Kier alpha value is -2.13. The number of rotatable bonds is 3. The molecular weight excluding hydrogens is 324 g/mol. The standard InChI is InChI=1S/C22H24N2S/c1-24-20(17-11-5-2-6-12-17)21(18-13-7-3-8-14-18)25-22(24)23-19-15-9-4-10-16-19/h2-3,5-8,11-14,19H,4,9-10,15-16H2,1H3. The number of nitrogens with zero attached hydrogens (tertiary/aromatic N) is 2. The van der Waals surface area contributed by atoms with E-state index < -0.39 is 0 Å². The van der Waals surface area contributed by atoms with Crippen LogP contribution in [0.1, 0.15) is 32.1 Å². The lowest BCUT2D eigenvalue weighted by Crippen LogP contribution is -2.18. The lowest BCUT2D eigenvalue weighted by Gasteiger charge is -2.16. The van der Waals surface area contributed by atoms with Crippen molar-refractivity contribution >= 4 is 11.3 Å². The normalized spacial score (nSPS) is 16.3. The SMILES string of the molecule is Cn1c(-c2ccccc2)c(-c2ccccc2)sc1=NC1CCCCC1. The summed E-state index contributed by atoms with van der Waals surface area (Å²) in [5.41, 5.74) is 3.80. The molecule has 0 aliphatic heterocycles. The van der Waals surface area contributed by atoms with E-state index in [1.165, 1.54) is 53.8 Å². The minimum atomic E-state index is 0.492. The molecule has 4 rings (SSSR count). The van der Waals surface area contributed by atoms with Crippen molar-refractivity contribution in [2.24, 2.45) is 12.0 Å². The highest BCUT2D eigenvalue weighted by Gasteiger charge is 2.17. The van der Waals surface area contributed by atoms with Gasteiger partial charge in [-0.15, -0.1) is 0 Å². The van der Waals surface area contributed by atoms with Crippen LogP contribution < -0.4 is 4.80 Å². The molecule has 128 valence electrons. The van der Waals surface area contributed by atoms with E-state index in [9.17, 15) is 0 Å². The minimum absolute atomic E-state index is 0.492. The molecule has 0 atom stereocenters. The summed E-state index contributed by atoms with van der Waals surface area (Å²) in [7, 11) is 2.16. The van der Waals surface area contributed by atoms with Gasteiger partial charge in [0, 0.05) is 7.05 Å². The lowest BCUT2D eigenvalue weighted by atomic mass is 9.96. The number of thiazole rings is 1. The molecule has 1 aliphatic rings. The molecule has 1 aliphatic carbocycles. The van der Waals surface area contributed by atoms with Gasteiger partial charge in [-0.1, -0.05) is 91.3 Å². The Morgan fingerprint density at radius 2 is 1.44 bits per heavy atom. The molecule has 1 heterocycles. The fourth-order valence-corrected chi connectivity index (χ4v) is 4.86. The molecule has 3 heteroatoms. The van der Waals surface area contributed by atoms with Gasteiger partial charge in [0.15, 0.2) is 4.80 Å². The van der Waals surface area contributed by atoms with Gasteiger partial charge in [-0.2, -0.15) is 0 Å². The molecule has 0 N–H and O–H groups in total. The van der Waals surface area contributed by atoms with E-state index in [1.807, 2.05) is 11.3 Å². The third-order valence-corrected chi connectivity index (χ3v) is 6.18. The first-order chi connectivity index (χ1) is 12.3. The molecule has 25 heavy (non-hydrogen) atoms. The maximum atomic E-state index is 5.13. The van der Waals surface area contributed by atoms with Crippen LogP contribution in [0.15, 0.2) is 65.7 Å². The molecule has 1 aromatic heterocycles. The maximum absolute atomic E-state index is 5.13. The highest BCUT2D eigenvalue weighted by Crippen LogP contribution is 2.34. The van der Waals surface area contributed by atoms with Gasteiger partial charge in [0.2, 0.25) is 0 Å². The average molecular weight is 349 g/mol. The molecule has 0 unspecified atom stereocenters. The second kappa shape index (κ2) is 7.40. The quantitative estimate of drug-likeness (QED) is 0.581. The van der Waals surface area contributed by atoms with Crippen LogP contribution >= 0.6 is 11.3 Å². The van der Waals surface area contributed by atoms with Gasteiger partial charge in [-0.3, -0.25) is 4.99 Å². The highest BCUT2D eigenvalue weighted by atomic mass is 32.1. The summed E-state index contributed by atoms with van der Waals surface area (Å²) in [5.74, 6) is 0. The zero-order valence-corrected chi connectivity index (χ0v) is 15.5. The van der Waals surface area contributed by atoms with E-state index in [0.717, 1.165) is 4.80 Å². The predicted octanol–water partition coefficient (Wildman–Crippen LogP) is 5.65. The van der Waals surface area contributed by atoms with Gasteiger partial charge >= 0.3 is 0 Å². The van der Waals surface area contributed by atoms with Crippen LogP contribution in [0, 0.1) is 0 Å². The minimum Gasteiger partial charge on any atom is -0.319 e. The van der Waals surface area contributed by atoms with Gasteiger partial charge in [-0.05, 0) is 24.0 Å². The van der Waals surface area contributed by atoms with Crippen molar-refractivity contribution in [3.05, 3.63) is 65.5 Å². The largest absolute Gasteiger partial charge is 0.319 e. The number of hydrogen-bond acceptors (Lipinski definition) is 2.